The van der Waals surface area contributed by atoms with Crippen LogP contribution >= 0.6 is 0 Å². The lowest BCUT2D eigenvalue weighted by Crippen LogP contribution is -2.45. The summed E-state index contributed by atoms with van der Waals surface area (Å²) in [4.78, 5) is 7.91. The summed E-state index contributed by atoms with van der Waals surface area (Å²) in [5.41, 5.74) is -1.63. The fourth-order valence-electron chi connectivity index (χ4n) is 3.29. The maximum Gasteiger partial charge on any atom is 0.424 e. The highest BCUT2D eigenvalue weighted by molar-refractivity contribution is 5.79. The Kier molecular flexibility index (Phi) is 7.91. The van der Waals surface area contributed by atoms with Crippen molar-refractivity contribution in [2.24, 2.45) is 12.0 Å². The molecule has 0 bridgehead atoms. The summed E-state index contributed by atoms with van der Waals surface area (Å²) >= 11 is 0. The van der Waals surface area contributed by atoms with Crippen LogP contribution in [0.4, 0.5) is 13.2 Å². The van der Waals surface area contributed by atoms with Crippen molar-refractivity contribution in [2.45, 2.75) is 57.2 Å². The minimum absolute atomic E-state index is 0.194. The fourth-order valence-corrected chi connectivity index (χ4v) is 3.29. The SMILES string of the molecule is CCNC(=NCCC(O)(c1nccn1C)C(F)(F)F)NCCC1=CCCCC1. The summed E-state index contributed by atoms with van der Waals surface area (Å²) in [5, 5.41) is 16.5. The van der Waals surface area contributed by atoms with E-state index in [0.29, 0.717) is 19.0 Å². The summed E-state index contributed by atoms with van der Waals surface area (Å²) < 4.78 is 41.8. The Hall–Kier alpha value is -2.03. The van der Waals surface area contributed by atoms with Crippen LogP contribution in [0.3, 0.4) is 0 Å². The van der Waals surface area contributed by atoms with Crippen LogP contribution < -0.4 is 10.6 Å². The van der Waals surface area contributed by atoms with Crippen molar-refractivity contribution in [3.8, 4) is 0 Å². The second kappa shape index (κ2) is 9.95. The van der Waals surface area contributed by atoms with Crippen LogP contribution in [0.15, 0.2) is 29.0 Å². The van der Waals surface area contributed by atoms with E-state index in [9.17, 15) is 18.3 Å². The number of alkyl halides is 3. The fraction of sp³-hybridized carbons (Fsp3) is 0.684. The molecule has 1 aromatic rings. The van der Waals surface area contributed by atoms with E-state index in [1.807, 2.05) is 6.92 Å². The molecule has 0 saturated carbocycles. The Labute approximate surface area is 163 Å². The van der Waals surface area contributed by atoms with Crippen molar-refractivity contribution in [1.29, 1.82) is 0 Å². The van der Waals surface area contributed by atoms with Gasteiger partial charge in [0.2, 0.25) is 5.60 Å². The van der Waals surface area contributed by atoms with Gasteiger partial charge in [0.25, 0.3) is 0 Å². The number of nitrogens with one attached hydrogen (secondary N) is 2. The number of rotatable bonds is 8. The highest BCUT2D eigenvalue weighted by Gasteiger charge is 2.57. The average Bonchev–Trinajstić information content (AvgIpc) is 3.08. The van der Waals surface area contributed by atoms with Gasteiger partial charge in [0.05, 0.1) is 0 Å². The topological polar surface area (TPSA) is 74.5 Å². The standard InChI is InChI=1S/C19H30F3N5O/c1-3-23-17(25-11-9-15-7-5-4-6-8-15)26-12-10-18(28,19(20,21)22)16-24-13-14-27(16)2/h7,13-14,28H,3-6,8-12H2,1-2H3,(H2,23,25,26). The van der Waals surface area contributed by atoms with Gasteiger partial charge in [0.15, 0.2) is 5.96 Å². The number of aliphatic imine (C=N–C) groups is 1. The second-order valence-electron chi connectivity index (χ2n) is 7.02. The van der Waals surface area contributed by atoms with E-state index >= 15 is 0 Å². The third-order valence-electron chi connectivity index (χ3n) is 4.87. The molecule has 0 aliphatic heterocycles. The maximum atomic E-state index is 13.5. The quantitative estimate of drug-likeness (QED) is 0.356. The Morgan fingerprint density at radius 3 is 2.68 bits per heavy atom. The molecule has 1 aromatic heterocycles. The van der Waals surface area contributed by atoms with Gasteiger partial charge in [-0.1, -0.05) is 11.6 Å². The van der Waals surface area contributed by atoms with Crippen LogP contribution in [-0.2, 0) is 12.6 Å². The molecule has 0 fully saturated rings. The summed E-state index contributed by atoms with van der Waals surface area (Å²) in [7, 11) is 1.42. The van der Waals surface area contributed by atoms with Gasteiger partial charge >= 0.3 is 6.18 Å². The largest absolute Gasteiger partial charge is 0.424 e. The van der Waals surface area contributed by atoms with Gasteiger partial charge in [-0.25, -0.2) is 4.98 Å². The first-order valence-electron chi connectivity index (χ1n) is 9.75. The van der Waals surface area contributed by atoms with Gasteiger partial charge in [-0.05, 0) is 39.0 Å². The van der Waals surface area contributed by atoms with E-state index in [1.165, 1.54) is 42.4 Å². The third kappa shape index (κ3) is 5.73. The van der Waals surface area contributed by atoms with Crippen LogP contribution in [0, 0.1) is 0 Å². The first-order chi connectivity index (χ1) is 13.3. The highest BCUT2D eigenvalue weighted by Crippen LogP contribution is 2.40. The average molecular weight is 401 g/mol. The van der Waals surface area contributed by atoms with Crippen LogP contribution in [0.1, 0.15) is 51.3 Å². The number of halogens is 3. The molecule has 0 saturated heterocycles. The zero-order chi connectivity index (χ0) is 20.6. The maximum absolute atomic E-state index is 13.5. The molecule has 28 heavy (non-hydrogen) atoms. The minimum atomic E-state index is -4.85. The lowest BCUT2D eigenvalue weighted by molar-refractivity contribution is -0.272. The van der Waals surface area contributed by atoms with E-state index in [-0.39, 0.29) is 6.54 Å². The van der Waals surface area contributed by atoms with Crippen LogP contribution in [0.25, 0.3) is 0 Å². The Morgan fingerprint density at radius 2 is 2.11 bits per heavy atom. The Balaban J connectivity index is 1.98. The van der Waals surface area contributed by atoms with Gasteiger partial charge in [-0.2, -0.15) is 13.2 Å². The first-order valence-corrected chi connectivity index (χ1v) is 9.75. The lowest BCUT2D eigenvalue weighted by atomic mass is 9.97. The molecule has 9 heteroatoms. The van der Waals surface area contributed by atoms with Gasteiger partial charge in [0.1, 0.15) is 5.82 Å². The monoisotopic (exact) mass is 401 g/mol. The number of hydrogen-bond donors (Lipinski definition) is 3. The first kappa shape index (κ1) is 22.3. The molecule has 1 unspecified atom stereocenters. The summed E-state index contributed by atoms with van der Waals surface area (Å²) in [5.74, 6) is 0.0145. The summed E-state index contributed by atoms with van der Waals surface area (Å²) in [6, 6.07) is 0. The summed E-state index contributed by atoms with van der Waals surface area (Å²) in [6.07, 6.45) is 4.99. The molecule has 0 amide bonds. The smallest absolute Gasteiger partial charge is 0.374 e. The van der Waals surface area contributed by atoms with Crippen molar-refractivity contribution < 1.29 is 18.3 Å². The zero-order valence-corrected chi connectivity index (χ0v) is 16.5. The number of aromatic nitrogens is 2. The summed E-state index contributed by atoms with van der Waals surface area (Å²) in [6.45, 7) is 2.96. The highest BCUT2D eigenvalue weighted by atomic mass is 19.4. The molecule has 1 aliphatic rings. The molecule has 1 aliphatic carbocycles. The van der Waals surface area contributed by atoms with Gasteiger partial charge in [0, 0.05) is 45.5 Å². The number of guanidine groups is 1. The molecular formula is C19H30F3N5O. The van der Waals surface area contributed by atoms with Gasteiger partial charge < -0.3 is 20.3 Å². The van der Waals surface area contributed by atoms with E-state index in [0.717, 1.165) is 19.3 Å². The molecule has 0 aromatic carbocycles. The van der Waals surface area contributed by atoms with Crippen LogP contribution in [-0.4, -0.2) is 46.4 Å². The normalized spacial score (nSPS) is 17.8. The number of allylic oxidation sites excluding steroid dienone is 1. The predicted molar refractivity (Wildman–Crippen MR) is 103 cm³/mol. The predicted octanol–water partition coefficient (Wildman–Crippen LogP) is 3.01. The molecule has 158 valence electrons. The van der Waals surface area contributed by atoms with E-state index in [4.69, 9.17) is 0 Å². The number of imidazole rings is 1. The van der Waals surface area contributed by atoms with Crippen molar-refractivity contribution in [2.75, 3.05) is 19.6 Å². The molecule has 1 heterocycles. The minimum Gasteiger partial charge on any atom is -0.374 e. The second-order valence-corrected chi connectivity index (χ2v) is 7.02. The Morgan fingerprint density at radius 1 is 1.32 bits per heavy atom. The molecule has 2 rings (SSSR count). The van der Waals surface area contributed by atoms with Crippen molar-refractivity contribution in [3.05, 3.63) is 29.9 Å². The molecule has 1 atom stereocenters. The molecule has 6 nitrogen and oxygen atoms in total. The number of hydrogen-bond acceptors (Lipinski definition) is 3. The zero-order valence-electron chi connectivity index (χ0n) is 16.5. The van der Waals surface area contributed by atoms with Crippen LogP contribution in [0.5, 0.6) is 0 Å². The number of aryl methyl sites for hydroxylation is 1. The van der Waals surface area contributed by atoms with E-state index < -0.39 is 24.0 Å². The van der Waals surface area contributed by atoms with Crippen molar-refractivity contribution in [1.82, 2.24) is 20.2 Å². The van der Waals surface area contributed by atoms with Crippen LogP contribution in [0.2, 0.25) is 0 Å². The van der Waals surface area contributed by atoms with Crippen molar-refractivity contribution in [3.63, 3.8) is 0 Å². The van der Waals surface area contributed by atoms with Gasteiger partial charge in [-0.15, -0.1) is 0 Å². The van der Waals surface area contributed by atoms with E-state index in [2.05, 4.69) is 26.7 Å². The van der Waals surface area contributed by atoms with Crippen molar-refractivity contribution >= 4 is 5.96 Å². The molecular weight excluding hydrogens is 371 g/mol. The van der Waals surface area contributed by atoms with E-state index in [1.54, 1.807) is 0 Å². The molecule has 0 spiro atoms. The number of aliphatic hydroxyl groups is 1. The molecule has 3 N–H and O–H groups in total. The third-order valence-corrected chi connectivity index (χ3v) is 4.87. The lowest BCUT2D eigenvalue weighted by Gasteiger charge is -2.29. The van der Waals surface area contributed by atoms with Gasteiger partial charge in [-0.3, -0.25) is 4.99 Å². The Bertz CT molecular complexity index is 683. The number of nitrogens with zero attached hydrogens (tertiary/aromatic N) is 3. The molecule has 0 radical (unpaired) electrons.